The summed E-state index contributed by atoms with van der Waals surface area (Å²) in [5.74, 6) is 1.64. The van der Waals surface area contributed by atoms with Gasteiger partial charge in [0.25, 0.3) is 0 Å². The Labute approximate surface area is 111 Å². The maximum atomic E-state index is 4.55. The Morgan fingerprint density at radius 3 is 2.56 bits per heavy atom. The molecule has 0 atom stereocenters. The number of aryl methyl sites for hydroxylation is 1. The van der Waals surface area contributed by atoms with Crippen LogP contribution in [-0.2, 0) is 6.54 Å². The Bertz CT molecular complexity index is 340. The van der Waals surface area contributed by atoms with E-state index < -0.39 is 0 Å². The molecule has 1 aromatic heterocycles. The van der Waals surface area contributed by atoms with Gasteiger partial charge >= 0.3 is 0 Å². The third-order valence-corrected chi connectivity index (χ3v) is 3.12. The second kappa shape index (κ2) is 7.41. The zero-order valence-electron chi connectivity index (χ0n) is 12.5. The van der Waals surface area contributed by atoms with E-state index in [2.05, 4.69) is 60.6 Å². The molecular formula is C14H28N4. The second-order valence-corrected chi connectivity index (χ2v) is 5.20. The Hall–Kier alpha value is -1.03. The topological polar surface area (TPSA) is 33.1 Å². The monoisotopic (exact) mass is 252 g/mol. The standard InChI is InChI=1S/C14H28N4/c1-6-17(7-2)8-9-18-11-13(5)16-14(18)15-10-12(3)4/h11-12H,6-10H2,1-5H3,(H,15,16). The van der Waals surface area contributed by atoms with E-state index in [1.54, 1.807) is 0 Å². The van der Waals surface area contributed by atoms with Crippen LogP contribution in [-0.4, -0.2) is 40.6 Å². The lowest BCUT2D eigenvalue weighted by Gasteiger charge is -2.19. The number of likely N-dealkylation sites (N-methyl/N-ethyl adjacent to an activating group) is 1. The first-order valence-electron chi connectivity index (χ1n) is 7.06. The lowest BCUT2D eigenvalue weighted by molar-refractivity contribution is 0.291. The normalized spacial score (nSPS) is 11.5. The van der Waals surface area contributed by atoms with E-state index in [4.69, 9.17) is 0 Å². The Morgan fingerprint density at radius 1 is 1.33 bits per heavy atom. The third kappa shape index (κ3) is 4.69. The number of rotatable bonds is 8. The smallest absolute Gasteiger partial charge is 0.203 e. The minimum atomic E-state index is 0.637. The van der Waals surface area contributed by atoms with Gasteiger partial charge in [0.15, 0.2) is 0 Å². The molecule has 4 heteroatoms. The number of aromatic nitrogens is 2. The number of nitrogens with zero attached hydrogens (tertiary/aromatic N) is 3. The predicted octanol–water partition coefficient (Wildman–Crippen LogP) is 2.60. The van der Waals surface area contributed by atoms with Crippen LogP contribution in [0.15, 0.2) is 6.20 Å². The minimum absolute atomic E-state index is 0.637. The van der Waals surface area contributed by atoms with Gasteiger partial charge in [-0.2, -0.15) is 0 Å². The van der Waals surface area contributed by atoms with Gasteiger partial charge < -0.3 is 14.8 Å². The molecule has 104 valence electrons. The molecule has 18 heavy (non-hydrogen) atoms. The summed E-state index contributed by atoms with van der Waals surface area (Å²) in [6.45, 7) is 16.2. The second-order valence-electron chi connectivity index (χ2n) is 5.20. The molecule has 0 aliphatic carbocycles. The molecule has 0 fully saturated rings. The van der Waals surface area contributed by atoms with Crippen LogP contribution in [0.25, 0.3) is 0 Å². The number of hydrogen-bond donors (Lipinski definition) is 1. The van der Waals surface area contributed by atoms with E-state index in [0.717, 1.165) is 44.4 Å². The number of hydrogen-bond acceptors (Lipinski definition) is 3. The quantitative estimate of drug-likeness (QED) is 0.772. The predicted molar refractivity (Wildman–Crippen MR) is 78.1 cm³/mol. The van der Waals surface area contributed by atoms with Crippen molar-refractivity contribution >= 4 is 5.95 Å². The molecular weight excluding hydrogens is 224 g/mol. The van der Waals surface area contributed by atoms with Crippen LogP contribution in [0.5, 0.6) is 0 Å². The summed E-state index contributed by atoms with van der Waals surface area (Å²) < 4.78 is 2.23. The van der Waals surface area contributed by atoms with E-state index in [1.165, 1.54) is 0 Å². The van der Waals surface area contributed by atoms with Crippen LogP contribution in [0.3, 0.4) is 0 Å². The highest BCUT2D eigenvalue weighted by Gasteiger charge is 2.07. The van der Waals surface area contributed by atoms with Crippen LogP contribution in [0, 0.1) is 12.8 Å². The molecule has 0 saturated heterocycles. The van der Waals surface area contributed by atoms with E-state index in [0.29, 0.717) is 5.92 Å². The van der Waals surface area contributed by atoms with E-state index in [9.17, 15) is 0 Å². The van der Waals surface area contributed by atoms with Crippen molar-refractivity contribution < 1.29 is 0 Å². The molecule has 4 nitrogen and oxygen atoms in total. The molecule has 0 aliphatic rings. The van der Waals surface area contributed by atoms with Gasteiger partial charge in [-0.25, -0.2) is 4.98 Å². The summed E-state index contributed by atoms with van der Waals surface area (Å²) in [5, 5.41) is 3.43. The highest BCUT2D eigenvalue weighted by atomic mass is 15.2. The summed E-state index contributed by atoms with van der Waals surface area (Å²) in [6, 6.07) is 0. The average Bonchev–Trinajstić information content (AvgIpc) is 2.68. The van der Waals surface area contributed by atoms with E-state index >= 15 is 0 Å². The van der Waals surface area contributed by atoms with Crippen LogP contribution in [0.2, 0.25) is 0 Å². The van der Waals surface area contributed by atoms with Crippen molar-refractivity contribution in [1.82, 2.24) is 14.5 Å². The highest BCUT2D eigenvalue weighted by molar-refractivity contribution is 5.28. The molecule has 1 heterocycles. The summed E-state index contributed by atoms with van der Waals surface area (Å²) >= 11 is 0. The summed E-state index contributed by atoms with van der Waals surface area (Å²) in [6.07, 6.45) is 2.13. The summed E-state index contributed by atoms with van der Waals surface area (Å²) in [5.41, 5.74) is 1.08. The van der Waals surface area contributed by atoms with Gasteiger partial charge in [-0.1, -0.05) is 27.7 Å². The number of imidazole rings is 1. The van der Waals surface area contributed by atoms with Crippen molar-refractivity contribution in [3.8, 4) is 0 Å². The summed E-state index contributed by atoms with van der Waals surface area (Å²) in [7, 11) is 0. The molecule has 0 aliphatic heterocycles. The Morgan fingerprint density at radius 2 is 2.00 bits per heavy atom. The molecule has 0 radical (unpaired) electrons. The highest BCUT2D eigenvalue weighted by Crippen LogP contribution is 2.09. The molecule has 0 aromatic carbocycles. The first-order chi connectivity index (χ1) is 8.56. The minimum Gasteiger partial charge on any atom is -0.355 e. The van der Waals surface area contributed by atoms with Crippen molar-refractivity contribution in [3.05, 3.63) is 11.9 Å². The molecule has 1 aromatic rings. The number of nitrogens with one attached hydrogen (secondary N) is 1. The first-order valence-corrected chi connectivity index (χ1v) is 7.06. The van der Waals surface area contributed by atoms with Gasteiger partial charge in [0.1, 0.15) is 0 Å². The molecule has 0 spiro atoms. The first kappa shape index (κ1) is 15.0. The van der Waals surface area contributed by atoms with Crippen LogP contribution in [0.1, 0.15) is 33.4 Å². The Kier molecular flexibility index (Phi) is 6.19. The fraction of sp³-hybridized carbons (Fsp3) is 0.786. The van der Waals surface area contributed by atoms with Crippen LogP contribution >= 0.6 is 0 Å². The largest absolute Gasteiger partial charge is 0.355 e. The summed E-state index contributed by atoms with van der Waals surface area (Å²) in [4.78, 5) is 6.98. The fourth-order valence-corrected chi connectivity index (χ4v) is 1.94. The third-order valence-electron chi connectivity index (χ3n) is 3.12. The van der Waals surface area contributed by atoms with Gasteiger partial charge in [-0.3, -0.25) is 0 Å². The Balaban J connectivity index is 2.58. The van der Waals surface area contributed by atoms with Gasteiger partial charge in [0.05, 0.1) is 5.69 Å². The molecule has 0 amide bonds. The number of anilines is 1. The zero-order valence-corrected chi connectivity index (χ0v) is 12.5. The zero-order chi connectivity index (χ0) is 13.5. The van der Waals surface area contributed by atoms with Crippen molar-refractivity contribution in [2.24, 2.45) is 5.92 Å². The molecule has 0 bridgehead atoms. The van der Waals surface area contributed by atoms with E-state index in [1.807, 2.05) is 0 Å². The van der Waals surface area contributed by atoms with Gasteiger partial charge in [0, 0.05) is 25.8 Å². The van der Waals surface area contributed by atoms with Crippen LogP contribution in [0.4, 0.5) is 5.95 Å². The molecule has 1 N–H and O–H groups in total. The SMILES string of the molecule is CCN(CC)CCn1cc(C)nc1NCC(C)C. The maximum absolute atomic E-state index is 4.55. The molecule has 0 saturated carbocycles. The van der Waals surface area contributed by atoms with Crippen molar-refractivity contribution in [1.29, 1.82) is 0 Å². The van der Waals surface area contributed by atoms with Gasteiger partial charge in [0.2, 0.25) is 5.95 Å². The molecule has 0 unspecified atom stereocenters. The van der Waals surface area contributed by atoms with E-state index in [-0.39, 0.29) is 0 Å². The van der Waals surface area contributed by atoms with Crippen LogP contribution < -0.4 is 5.32 Å². The lowest BCUT2D eigenvalue weighted by Crippen LogP contribution is -2.27. The van der Waals surface area contributed by atoms with Gasteiger partial charge in [-0.05, 0) is 25.9 Å². The lowest BCUT2D eigenvalue weighted by atomic mass is 10.2. The van der Waals surface area contributed by atoms with Crippen molar-refractivity contribution in [3.63, 3.8) is 0 Å². The average molecular weight is 252 g/mol. The van der Waals surface area contributed by atoms with Gasteiger partial charge in [-0.15, -0.1) is 0 Å². The molecule has 1 rings (SSSR count). The fourth-order valence-electron chi connectivity index (χ4n) is 1.94. The van der Waals surface area contributed by atoms with Crippen molar-refractivity contribution in [2.75, 3.05) is 31.5 Å². The van der Waals surface area contributed by atoms with Crippen molar-refractivity contribution in [2.45, 2.75) is 41.2 Å². The maximum Gasteiger partial charge on any atom is 0.203 e.